The molecule has 0 spiro atoms. The summed E-state index contributed by atoms with van der Waals surface area (Å²) in [6.07, 6.45) is 6.14. The van der Waals surface area contributed by atoms with Crippen LogP contribution in [-0.2, 0) is 19.7 Å². The van der Waals surface area contributed by atoms with Gasteiger partial charge in [-0.15, -0.1) is 11.3 Å². The lowest BCUT2D eigenvalue weighted by Gasteiger charge is -2.34. The minimum Gasteiger partial charge on any atom is -0.366 e. The summed E-state index contributed by atoms with van der Waals surface area (Å²) >= 11 is 1.22. The number of nitrogens with one attached hydrogen (secondary N) is 1. The van der Waals surface area contributed by atoms with E-state index < -0.39 is 30.3 Å². The van der Waals surface area contributed by atoms with Crippen molar-refractivity contribution in [2.75, 3.05) is 5.75 Å². The fraction of sp³-hybridized carbons (Fsp3) is 0.480. The van der Waals surface area contributed by atoms with Gasteiger partial charge in [0.15, 0.2) is 19.7 Å². The molecule has 1 aliphatic carbocycles. The molecule has 1 saturated heterocycles. The molecule has 1 aliphatic heterocycles. The van der Waals surface area contributed by atoms with Crippen molar-refractivity contribution in [2.24, 2.45) is 5.73 Å². The zero-order valence-corrected chi connectivity index (χ0v) is 22.3. The monoisotopic (exact) mass is 534 g/mol. The van der Waals surface area contributed by atoms with E-state index in [1.54, 1.807) is 32.0 Å². The lowest BCUT2D eigenvalue weighted by molar-refractivity contribution is 0.100. The van der Waals surface area contributed by atoms with Crippen molar-refractivity contribution in [1.82, 2.24) is 4.98 Å². The van der Waals surface area contributed by atoms with Gasteiger partial charge in [-0.05, 0) is 80.8 Å². The Balaban J connectivity index is 1.58. The van der Waals surface area contributed by atoms with E-state index in [1.807, 2.05) is 12.3 Å². The molecule has 1 amide bonds. The number of carbonyl (C=O) groups excluding carboxylic acids is 1. The van der Waals surface area contributed by atoms with E-state index in [2.05, 4.69) is 4.98 Å². The number of fused-ring (bicyclic) bond motifs is 1. The highest BCUT2D eigenvalue weighted by Gasteiger charge is 2.42. The van der Waals surface area contributed by atoms with Crippen LogP contribution in [-0.4, -0.2) is 43.5 Å². The first-order chi connectivity index (χ1) is 16.4. The van der Waals surface area contributed by atoms with Gasteiger partial charge in [0.1, 0.15) is 4.21 Å². The summed E-state index contributed by atoms with van der Waals surface area (Å²) in [6.45, 7) is 3.53. The smallest absolute Gasteiger partial charge is 0.250 e. The lowest BCUT2D eigenvalue weighted by atomic mass is 9.86. The van der Waals surface area contributed by atoms with Gasteiger partial charge in [-0.3, -0.25) is 4.79 Å². The van der Waals surface area contributed by atoms with Gasteiger partial charge in [0.25, 0.3) is 5.91 Å². The molecule has 0 bridgehead atoms. The number of carbonyl (C=O) groups is 1. The summed E-state index contributed by atoms with van der Waals surface area (Å²) in [5, 5.41) is 0.505. The first kappa shape index (κ1) is 24.5. The number of aromatic amines is 1. The molecule has 5 rings (SSSR count). The van der Waals surface area contributed by atoms with E-state index in [-0.39, 0.29) is 16.9 Å². The molecule has 188 valence electrons. The van der Waals surface area contributed by atoms with Crippen molar-refractivity contribution in [2.45, 2.75) is 72.5 Å². The standard InChI is InChI=1S/C25H30N2O5S3/c1-25(2)13-15(9-10-34(25,29)30)20-14-27-23-18(20)11-16(12-19(23)24(26)28)21-7-8-22(33-21)35(31,32)17-5-3-4-6-17/h7-8,11-12,14-15,17,27H,3-6,9-10,13H2,1-2H3,(H2,26,28). The van der Waals surface area contributed by atoms with Gasteiger partial charge in [0, 0.05) is 16.5 Å². The predicted molar refractivity (Wildman–Crippen MR) is 139 cm³/mol. The molecule has 3 heterocycles. The van der Waals surface area contributed by atoms with E-state index in [1.165, 1.54) is 11.3 Å². The molecule has 3 N–H and O–H groups in total. The molecule has 3 aromatic rings. The summed E-state index contributed by atoms with van der Waals surface area (Å²) < 4.78 is 50.7. The van der Waals surface area contributed by atoms with Crippen LogP contribution < -0.4 is 5.73 Å². The molecule has 10 heteroatoms. The van der Waals surface area contributed by atoms with E-state index in [9.17, 15) is 21.6 Å². The highest BCUT2D eigenvalue weighted by atomic mass is 32.2. The van der Waals surface area contributed by atoms with Crippen LogP contribution in [0.2, 0.25) is 0 Å². The highest BCUT2D eigenvalue weighted by Crippen LogP contribution is 2.44. The molecule has 1 unspecified atom stereocenters. The third-order valence-corrected chi connectivity index (χ3v) is 14.3. The lowest BCUT2D eigenvalue weighted by Crippen LogP contribution is -2.40. The minimum absolute atomic E-state index is 0.0138. The van der Waals surface area contributed by atoms with Gasteiger partial charge in [0.2, 0.25) is 0 Å². The highest BCUT2D eigenvalue weighted by molar-refractivity contribution is 7.94. The molecule has 2 aromatic heterocycles. The average Bonchev–Trinajstić information content (AvgIpc) is 3.55. The molecule has 2 fully saturated rings. The Labute approximate surface area is 210 Å². The van der Waals surface area contributed by atoms with Crippen molar-refractivity contribution < 1.29 is 21.6 Å². The zero-order valence-electron chi connectivity index (χ0n) is 19.8. The second-order valence-electron chi connectivity index (χ2n) is 10.4. The summed E-state index contributed by atoms with van der Waals surface area (Å²) in [4.78, 5) is 16.3. The maximum Gasteiger partial charge on any atom is 0.250 e. The Hall–Kier alpha value is -2.17. The van der Waals surface area contributed by atoms with Crippen molar-refractivity contribution in [3.63, 3.8) is 0 Å². The zero-order chi connectivity index (χ0) is 25.2. The number of hydrogen-bond donors (Lipinski definition) is 2. The van der Waals surface area contributed by atoms with Crippen LogP contribution >= 0.6 is 11.3 Å². The van der Waals surface area contributed by atoms with Gasteiger partial charge >= 0.3 is 0 Å². The van der Waals surface area contributed by atoms with Gasteiger partial charge in [-0.2, -0.15) is 0 Å². The van der Waals surface area contributed by atoms with Crippen molar-refractivity contribution in [3.05, 3.63) is 41.6 Å². The SMILES string of the molecule is CC1(C)CC(c2c[nH]c3c(C(N)=O)cc(-c4ccc(S(=O)(=O)C5CCCC5)s4)cc23)CCS1(=O)=O. The number of thiophene rings is 1. The van der Waals surface area contributed by atoms with Crippen LogP contribution in [0.1, 0.15) is 74.2 Å². The molecular weight excluding hydrogens is 504 g/mol. The fourth-order valence-corrected chi connectivity index (χ4v) is 10.6. The van der Waals surface area contributed by atoms with Gasteiger partial charge < -0.3 is 10.7 Å². The normalized spacial score (nSPS) is 22.5. The average molecular weight is 535 g/mol. The summed E-state index contributed by atoms with van der Waals surface area (Å²) in [5.41, 5.74) is 8.37. The number of hydrogen-bond acceptors (Lipinski definition) is 6. The second kappa shape index (κ2) is 8.45. The van der Waals surface area contributed by atoms with E-state index in [0.717, 1.165) is 34.2 Å². The van der Waals surface area contributed by atoms with E-state index in [0.29, 0.717) is 41.0 Å². The number of nitrogens with two attached hydrogens (primary N) is 1. The molecule has 1 aromatic carbocycles. The Bertz CT molecular complexity index is 1520. The van der Waals surface area contributed by atoms with Crippen LogP contribution in [0.15, 0.2) is 34.7 Å². The van der Waals surface area contributed by atoms with Crippen LogP contribution in [0, 0.1) is 0 Å². The maximum atomic E-state index is 13.1. The van der Waals surface area contributed by atoms with Crippen molar-refractivity contribution >= 4 is 47.8 Å². The fourth-order valence-electron chi connectivity index (χ4n) is 5.58. The van der Waals surface area contributed by atoms with Crippen LogP contribution in [0.3, 0.4) is 0 Å². The van der Waals surface area contributed by atoms with E-state index >= 15 is 0 Å². The minimum atomic E-state index is -3.37. The maximum absolute atomic E-state index is 13.1. The molecule has 0 radical (unpaired) electrons. The second-order valence-corrected chi connectivity index (χ2v) is 16.7. The molecule has 1 atom stereocenters. The number of primary amides is 1. The number of amides is 1. The van der Waals surface area contributed by atoms with Crippen LogP contribution in [0.5, 0.6) is 0 Å². The van der Waals surface area contributed by atoms with Crippen LogP contribution in [0.4, 0.5) is 0 Å². The topological polar surface area (TPSA) is 127 Å². The van der Waals surface area contributed by atoms with Crippen molar-refractivity contribution in [3.8, 4) is 10.4 Å². The first-order valence-electron chi connectivity index (χ1n) is 11.9. The number of rotatable bonds is 5. The van der Waals surface area contributed by atoms with Crippen LogP contribution in [0.25, 0.3) is 21.3 Å². The molecular formula is C25H30N2O5S3. The third-order valence-electron chi connectivity index (χ3n) is 7.73. The van der Waals surface area contributed by atoms with E-state index in [4.69, 9.17) is 5.73 Å². The Morgan fingerprint density at radius 2 is 1.86 bits per heavy atom. The molecule has 1 saturated carbocycles. The molecule has 7 nitrogen and oxygen atoms in total. The molecule has 35 heavy (non-hydrogen) atoms. The summed E-state index contributed by atoms with van der Waals surface area (Å²) in [6, 6.07) is 7.12. The third kappa shape index (κ3) is 4.13. The Morgan fingerprint density at radius 3 is 2.51 bits per heavy atom. The summed E-state index contributed by atoms with van der Waals surface area (Å²) in [7, 11) is -6.54. The quantitative estimate of drug-likeness (QED) is 0.487. The largest absolute Gasteiger partial charge is 0.366 e. The number of aromatic nitrogens is 1. The van der Waals surface area contributed by atoms with Gasteiger partial charge in [-0.1, -0.05) is 12.8 Å². The van der Waals surface area contributed by atoms with Gasteiger partial charge in [0.05, 0.1) is 26.8 Å². The van der Waals surface area contributed by atoms with Gasteiger partial charge in [-0.25, -0.2) is 16.8 Å². The number of benzene rings is 1. The predicted octanol–water partition coefficient (Wildman–Crippen LogP) is 4.78. The number of H-pyrrole nitrogens is 1. The summed E-state index contributed by atoms with van der Waals surface area (Å²) in [5.74, 6) is -0.445. The number of sulfone groups is 2. The Kier molecular flexibility index (Phi) is 5.92. The first-order valence-corrected chi connectivity index (χ1v) is 15.9. The van der Waals surface area contributed by atoms with Crippen molar-refractivity contribution in [1.29, 1.82) is 0 Å². The molecule has 2 aliphatic rings. The Morgan fingerprint density at radius 1 is 1.14 bits per heavy atom.